The highest BCUT2D eigenvalue weighted by molar-refractivity contribution is 5.81. The molecule has 0 aliphatic rings. The molecule has 19 heavy (non-hydrogen) atoms. The topological polar surface area (TPSA) is 25.2 Å². The fourth-order valence-electron chi connectivity index (χ4n) is 2.37. The number of furan rings is 1. The molecule has 1 aromatic heterocycles. The Balaban J connectivity index is 2.37. The van der Waals surface area contributed by atoms with Crippen LogP contribution in [0.5, 0.6) is 0 Å². The van der Waals surface area contributed by atoms with Crippen LogP contribution in [0.15, 0.2) is 22.6 Å². The van der Waals surface area contributed by atoms with Gasteiger partial charge < -0.3 is 9.73 Å². The van der Waals surface area contributed by atoms with Crippen LogP contribution in [-0.4, -0.2) is 6.54 Å². The highest BCUT2D eigenvalue weighted by atomic mass is 19.1. The molecule has 0 aliphatic heterocycles. The molecule has 0 saturated heterocycles. The number of nitrogens with one attached hydrogen (secondary N) is 1. The Labute approximate surface area is 114 Å². The van der Waals surface area contributed by atoms with Crippen molar-refractivity contribution < 1.29 is 8.81 Å². The Morgan fingerprint density at radius 2 is 2.05 bits per heavy atom. The number of hydrogen-bond donors (Lipinski definition) is 1. The number of aryl methyl sites for hydroxylation is 1. The maximum absolute atomic E-state index is 13.8. The minimum absolute atomic E-state index is 0.177. The fraction of sp³-hybridized carbons (Fsp3) is 0.500. The monoisotopic (exact) mass is 263 g/mol. The van der Waals surface area contributed by atoms with Crippen LogP contribution >= 0.6 is 0 Å². The van der Waals surface area contributed by atoms with Gasteiger partial charge in [0.25, 0.3) is 0 Å². The molecular formula is C16H22FNO. The lowest BCUT2D eigenvalue weighted by Crippen LogP contribution is -2.21. The zero-order valence-electron chi connectivity index (χ0n) is 11.9. The Hall–Kier alpha value is -1.35. The molecule has 0 aliphatic carbocycles. The van der Waals surface area contributed by atoms with Crippen LogP contribution in [-0.2, 0) is 0 Å². The van der Waals surface area contributed by atoms with Crippen molar-refractivity contribution in [2.24, 2.45) is 0 Å². The molecule has 1 aromatic carbocycles. The molecule has 1 N–H and O–H groups in total. The molecule has 1 heterocycles. The zero-order valence-corrected chi connectivity index (χ0v) is 11.9. The van der Waals surface area contributed by atoms with Gasteiger partial charge in [0, 0.05) is 0 Å². The lowest BCUT2D eigenvalue weighted by atomic mass is 10.1. The quantitative estimate of drug-likeness (QED) is 0.815. The molecule has 1 atom stereocenters. The molecule has 0 saturated carbocycles. The van der Waals surface area contributed by atoms with Crippen molar-refractivity contribution >= 4 is 11.0 Å². The SMILES string of the molecule is CCCNC(CCC)c1cc2c(F)ccc(C)c2o1. The number of fused-ring (bicyclic) bond motifs is 1. The number of rotatable bonds is 6. The van der Waals surface area contributed by atoms with Crippen molar-refractivity contribution in [1.82, 2.24) is 5.32 Å². The second-order valence-corrected chi connectivity index (χ2v) is 5.05. The molecule has 2 nitrogen and oxygen atoms in total. The molecular weight excluding hydrogens is 241 g/mol. The molecule has 0 spiro atoms. The summed E-state index contributed by atoms with van der Waals surface area (Å²) in [5.74, 6) is 0.639. The van der Waals surface area contributed by atoms with E-state index in [0.717, 1.165) is 37.1 Å². The second-order valence-electron chi connectivity index (χ2n) is 5.05. The summed E-state index contributed by atoms with van der Waals surface area (Å²) in [4.78, 5) is 0. The van der Waals surface area contributed by atoms with Gasteiger partial charge in [0.05, 0.1) is 11.4 Å². The average Bonchev–Trinajstić information content (AvgIpc) is 2.85. The van der Waals surface area contributed by atoms with E-state index in [1.54, 1.807) is 6.07 Å². The van der Waals surface area contributed by atoms with Crippen molar-refractivity contribution in [2.75, 3.05) is 6.54 Å². The van der Waals surface area contributed by atoms with Gasteiger partial charge >= 0.3 is 0 Å². The van der Waals surface area contributed by atoms with Crippen molar-refractivity contribution in [3.05, 3.63) is 35.3 Å². The largest absolute Gasteiger partial charge is 0.459 e. The van der Waals surface area contributed by atoms with Crippen LogP contribution < -0.4 is 5.32 Å². The van der Waals surface area contributed by atoms with E-state index >= 15 is 0 Å². The van der Waals surface area contributed by atoms with E-state index in [9.17, 15) is 4.39 Å². The van der Waals surface area contributed by atoms with Gasteiger partial charge in [-0.15, -0.1) is 0 Å². The first-order valence-electron chi connectivity index (χ1n) is 7.09. The standard InChI is InChI=1S/C16H22FNO/c1-4-6-14(18-9-5-2)15-10-12-13(17)8-7-11(3)16(12)19-15/h7-8,10,14,18H,4-6,9H2,1-3H3. The van der Waals surface area contributed by atoms with E-state index in [-0.39, 0.29) is 11.9 Å². The van der Waals surface area contributed by atoms with E-state index < -0.39 is 0 Å². The number of hydrogen-bond acceptors (Lipinski definition) is 2. The highest BCUT2D eigenvalue weighted by Gasteiger charge is 2.17. The minimum atomic E-state index is -0.207. The molecule has 104 valence electrons. The van der Waals surface area contributed by atoms with Crippen LogP contribution in [0.4, 0.5) is 4.39 Å². The first kappa shape index (κ1) is 14.1. The van der Waals surface area contributed by atoms with Crippen molar-refractivity contribution in [3.8, 4) is 0 Å². The first-order valence-corrected chi connectivity index (χ1v) is 7.09. The van der Waals surface area contributed by atoms with Gasteiger partial charge in [0.2, 0.25) is 0 Å². The lowest BCUT2D eigenvalue weighted by Gasteiger charge is -2.14. The summed E-state index contributed by atoms with van der Waals surface area (Å²) in [6.07, 6.45) is 3.15. The third-order valence-corrected chi connectivity index (χ3v) is 3.41. The van der Waals surface area contributed by atoms with E-state index in [1.807, 2.05) is 13.0 Å². The molecule has 0 fully saturated rings. The first-order chi connectivity index (χ1) is 9.17. The number of benzene rings is 1. The summed E-state index contributed by atoms with van der Waals surface area (Å²) >= 11 is 0. The Bertz CT molecular complexity index is 508. The van der Waals surface area contributed by atoms with Crippen LogP contribution in [0.25, 0.3) is 11.0 Å². The van der Waals surface area contributed by atoms with Gasteiger partial charge in [-0.3, -0.25) is 0 Å². The van der Waals surface area contributed by atoms with Crippen molar-refractivity contribution in [3.63, 3.8) is 0 Å². The predicted octanol–water partition coefficient (Wildman–Crippen LogP) is 4.72. The van der Waals surface area contributed by atoms with E-state index in [2.05, 4.69) is 19.2 Å². The third kappa shape index (κ3) is 2.98. The van der Waals surface area contributed by atoms with E-state index in [1.165, 1.54) is 6.07 Å². The summed E-state index contributed by atoms with van der Waals surface area (Å²) in [7, 11) is 0. The maximum atomic E-state index is 13.8. The van der Waals surface area contributed by atoms with E-state index in [4.69, 9.17) is 4.42 Å². The van der Waals surface area contributed by atoms with Gasteiger partial charge in [-0.05, 0) is 44.0 Å². The maximum Gasteiger partial charge on any atom is 0.140 e. The summed E-state index contributed by atoms with van der Waals surface area (Å²) in [6, 6.07) is 5.29. The van der Waals surface area contributed by atoms with Gasteiger partial charge in [0.1, 0.15) is 17.2 Å². The van der Waals surface area contributed by atoms with Crippen LogP contribution in [0, 0.1) is 12.7 Å². The molecule has 0 amide bonds. The van der Waals surface area contributed by atoms with Gasteiger partial charge in [-0.1, -0.05) is 26.3 Å². The minimum Gasteiger partial charge on any atom is -0.459 e. The molecule has 0 radical (unpaired) electrons. The molecule has 2 aromatic rings. The normalized spacial score (nSPS) is 13.1. The fourth-order valence-corrected chi connectivity index (χ4v) is 2.37. The van der Waals surface area contributed by atoms with Gasteiger partial charge in [-0.25, -0.2) is 4.39 Å². The van der Waals surface area contributed by atoms with Gasteiger partial charge in [0.15, 0.2) is 0 Å². The molecule has 3 heteroatoms. The van der Waals surface area contributed by atoms with Gasteiger partial charge in [-0.2, -0.15) is 0 Å². The highest BCUT2D eigenvalue weighted by Crippen LogP contribution is 2.30. The smallest absolute Gasteiger partial charge is 0.140 e. The Morgan fingerprint density at radius 3 is 2.68 bits per heavy atom. The number of halogens is 1. The molecule has 0 bridgehead atoms. The third-order valence-electron chi connectivity index (χ3n) is 3.41. The molecule has 1 unspecified atom stereocenters. The Morgan fingerprint density at radius 1 is 1.26 bits per heavy atom. The summed E-state index contributed by atoms with van der Waals surface area (Å²) in [5.41, 5.74) is 1.66. The Kier molecular flexibility index (Phi) is 4.59. The summed E-state index contributed by atoms with van der Waals surface area (Å²) < 4.78 is 19.7. The zero-order chi connectivity index (χ0) is 13.8. The predicted molar refractivity (Wildman–Crippen MR) is 76.9 cm³/mol. The van der Waals surface area contributed by atoms with Crippen LogP contribution in [0.2, 0.25) is 0 Å². The second kappa shape index (κ2) is 6.20. The summed E-state index contributed by atoms with van der Waals surface area (Å²) in [6.45, 7) is 7.18. The average molecular weight is 263 g/mol. The van der Waals surface area contributed by atoms with Crippen LogP contribution in [0.1, 0.15) is 50.5 Å². The van der Waals surface area contributed by atoms with E-state index in [0.29, 0.717) is 11.0 Å². The lowest BCUT2D eigenvalue weighted by molar-refractivity contribution is 0.407. The van der Waals surface area contributed by atoms with Crippen LogP contribution in [0.3, 0.4) is 0 Å². The molecule has 2 rings (SSSR count). The summed E-state index contributed by atoms with van der Waals surface area (Å²) in [5, 5.41) is 4.06. The van der Waals surface area contributed by atoms with Crippen molar-refractivity contribution in [1.29, 1.82) is 0 Å². The van der Waals surface area contributed by atoms with Crippen molar-refractivity contribution in [2.45, 2.75) is 46.1 Å².